The molecule has 1 aliphatic rings. The second-order valence-electron chi connectivity index (χ2n) is 9.28. The number of hydrogen-bond donors (Lipinski definition) is 1. The molecule has 1 N–H and O–H groups in total. The van der Waals surface area contributed by atoms with Crippen molar-refractivity contribution in [1.29, 1.82) is 0 Å². The molecule has 0 radical (unpaired) electrons. The molecular weight excluding hydrogens is 660 g/mol. The number of halogens is 6. The highest BCUT2D eigenvalue weighted by Gasteiger charge is 2.37. The maximum atomic E-state index is 13.0. The van der Waals surface area contributed by atoms with Crippen molar-refractivity contribution in [2.45, 2.75) is 19.6 Å². The van der Waals surface area contributed by atoms with Crippen LogP contribution in [0.1, 0.15) is 11.1 Å². The number of thioether (sulfide) groups is 1. The fourth-order valence-corrected chi connectivity index (χ4v) is 5.07. The van der Waals surface area contributed by atoms with E-state index in [1.165, 1.54) is 53.6 Å². The summed E-state index contributed by atoms with van der Waals surface area (Å²) in [5, 5.41) is 8.29. The van der Waals surface area contributed by atoms with Gasteiger partial charge >= 0.3 is 12.7 Å². The SMILES string of the molecule is Cc1ccc(OC(F)(F)F)c(N2C(=O)CSC2=NC(=S)N/N=C/c2ccc(-c3ncn(-c4ccc(OC(F)(F)F)cc4)n3)cc2)c1. The molecule has 18 heteroatoms. The Balaban J connectivity index is 1.22. The standard InChI is InChI=1S/C28H19F6N7O3S2/c1-16-2-11-22(44-28(32,33)34)21(12-16)41-23(42)14-46-26(41)37-25(45)38-36-13-17-3-5-18(6-4-17)24-35-15-40(39-24)19-7-9-20(10-8-19)43-27(29,30)31/h2-13,15H,14H2,1H3,(H,38,45)/b36-13+,37-26?. The number of anilines is 1. The fourth-order valence-electron chi connectivity index (χ4n) is 4.01. The lowest BCUT2D eigenvalue weighted by Gasteiger charge is -2.21. The Hall–Kier alpha value is -4.97. The van der Waals surface area contributed by atoms with E-state index < -0.39 is 24.4 Å². The van der Waals surface area contributed by atoms with Gasteiger partial charge in [0.1, 0.15) is 12.1 Å². The molecule has 238 valence electrons. The van der Waals surface area contributed by atoms with Gasteiger partial charge in [0, 0.05) is 5.56 Å². The van der Waals surface area contributed by atoms with Crippen LogP contribution in [0.25, 0.3) is 17.1 Å². The average molecular weight is 680 g/mol. The Bertz CT molecular complexity index is 1810. The fraction of sp³-hybridized carbons (Fsp3) is 0.143. The van der Waals surface area contributed by atoms with Gasteiger partial charge in [-0.25, -0.2) is 9.67 Å². The van der Waals surface area contributed by atoms with Crippen LogP contribution in [0.4, 0.5) is 32.0 Å². The lowest BCUT2D eigenvalue weighted by molar-refractivity contribution is -0.275. The zero-order chi connectivity index (χ0) is 33.1. The number of carbonyl (C=O) groups is 1. The van der Waals surface area contributed by atoms with Crippen LogP contribution in [0.2, 0.25) is 0 Å². The zero-order valence-electron chi connectivity index (χ0n) is 23.2. The highest BCUT2D eigenvalue weighted by atomic mass is 32.2. The van der Waals surface area contributed by atoms with Crippen LogP contribution in [0.5, 0.6) is 11.5 Å². The molecule has 10 nitrogen and oxygen atoms in total. The Morgan fingerprint density at radius 2 is 1.70 bits per heavy atom. The summed E-state index contributed by atoms with van der Waals surface area (Å²) >= 11 is 6.20. The first-order chi connectivity index (χ1) is 21.7. The number of amidine groups is 1. The second kappa shape index (κ2) is 13.2. The number of alkyl halides is 6. The smallest absolute Gasteiger partial charge is 0.406 e. The molecule has 4 aromatic rings. The molecule has 2 heterocycles. The number of aliphatic imine (C=N–C) groups is 1. The molecule has 1 aliphatic heterocycles. The molecule has 3 aromatic carbocycles. The number of ether oxygens (including phenoxy) is 2. The molecule has 0 saturated carbocycles. The minimum atomic E-state index is -4.97. The molecule has 1 aromatic heterocycles. The Morgan fingerprint density at radius 1 is 1.00 bits per heavy atom. The van der Waals surface area contributed by atoms with Gasteiger partial charge in [-0.3, -0.25) is 15.1 Å². The van der Waals surface area contributed by atoms with E-state index in [0.29, 0.717) is 28.2 Å². The summed E-state index contributed by atoms with van der Waals surface area (Å²) in [5.41, 5.74) is 4.79. The van der Waals surface area contributed by atoms with Crippen molar-refractivity contribution in [3.05, 3.63) is 84.2 Å². The number of nitrogens with one attached hydrogen (secondary N) is 1. The predicted octanol–water partition coefficient (Wildman–Crippen LogP) is 6.38. The van der Waals surface area contributed by atoms with Crippen molar-refractivity contribution in [3.8, 4) is 28.6 Å². The maximum Gasteiger partial charge on any atom is 0.573 e. The third kappa shape index (κ3) is 8.39. The van der Waals surface area contributed by atoms with Crippen LogP contribution < -0.4 is 19.8 Å². The first kappa shape index (κ1) is 32.4. The van der Waals surface area contributed by atoms with Crippen molar-refractivity contribution in [3.63, 3.8) is 0 Å². The van der Waals surface area contributed by atoms with Gasteiger partial charge in [-0.2, -0.15) is 10.1 Å². The third-order valence-corrected chi connectivity index (χ3v) is 7.02. The van der Waals surface area contributed by atoms with Crippen molar-refractivity contribution in [2.24, 2.45) is 10.1 Å². The molecule has 0 aliphatic carbocycles. The molecule has 0 spiro atoms. The quantitative estimate of drug-likeness (QED) is 0.104. The van der Waals surface area contributed by atoms with Gasteiger partial charge in [0.25, 0.3) is 0 Å². The first-order valence-electron chi connectivity index (χ1n) is 12.9. The first-order valence-corrected chi connectivity index (χ1v) is 14.3. The molecule has 0 unspecified atom stereocenters. The zero-order valence-corrected chi connectivity index (χ0v) is 24.8. The maximum absolute atomic E-state index is 13.0. The average Bonchev–Trinajstić information content (AvgIpc) is 3.60. The van der Waals surface area contributed by atoms with Crippen molar-refractivity contribution < 1.29 is 40.6 Å². The number of thiocarbonyl (C=S) groups is 1. The number of amides is 1. The number of aromatic nitrogens is 3. The summed E-state index contributed by atoms with van der Waals surface area (Å²) in [6.45, 7) is 1.66. The van der Waals surface area contributed by atoms with Crippen LogP contribution in [0.15, 0.2) is 83.2 Å². The molecule has 1 fully saturated rings. The summed E-state index contributed by atoms with van der Waals surface area (Å²) in [6.07, 6.45) is -6.90. The molecule has 1 amide bonds. The summed E-state index contributed by atoms with van der Waals surface area (Å²) in [5.74, 6) is -1.12. The Morgan fingerprint density at radius 3 is 2.37 bits per heavy atom. The topological polar surface area (TPSA) is 106 Å². The molecule has 5 rings (SSSR count). The number of hydrogen-bond acceptors (Lipinski definition) is 8. The van der Waals surface area contributed by atoms with Gasteiger partial charge in [-0.1, -0.05) is 42.1 Å². The van der Waals surface area contributed by atoms with Crippen molar-refractivity contribution in [2.75, 3.05) is 10.7 Å². The lowest BCUT2D eigenvalue weighted by atomic mass is 10.1. The van der Waals surface area contributed by atoms with E-state index in [1.54, 1.807) is 31.2 Å². The van der Waals surface area contributed by atoms with Gasteiger partial charge in [-0.15, -0.1) is 31.4 Å². The molecule has 1 saturated heterocycles. The molecule has 46 heavy (non-hydrogen) atoms. The van der Waals surface area contributed by atoms with Crippen molar-refractivity contribution >= 4 is 52.1 Å². The van der Waals surface area contributed by atoms with E-state index >= 15 is 0 Å². The van der Waals surface area contributed by atoms with E-state index in [0.717, 1.165) is 22.7 Å². The molecule has 0 atom stereocenters. The predicted molar refractivity (Wildman–Crippen MR) is 162 cm³/mol. The van der Waals surface area contributed by atoms with Crippen LogP contribution in [0.3, 0.4) is 0 Å². The number of aryl methyl sites for hydroxylation is 1. The normalized spacial score (nSPS) is 14.7. The highest BCUT2D eigenvalue weighted by Crippen LogP contribution is 2.37. The third-order valence-electron chi connectivity index (χ3n) is 5.91. The second-order valence-corrected chi connectivity index (χ2v) is 10.6. The van der Waals surface area contributed by atoms with E-state index in [4.69, 9.17) is 12.2 Å². The van der Waals surface area contributed by atoms with Gasteiger partial charge in [0.2, 0.25) is 11.0 Å². The summed E-state index contributed by atoms with van der Waals surface area (Å²) < 4.78 is 85.5. The van der Waals surface area contributed by atoms with Crippen molar-refractivity contribution in [1.82, 2.24) is 20.2 Å². The van der Waals surface area contributed by atoms with E-state index in [-0.39, 0.29) is 27.5 Å². The summed E-state index contributed by atoms with van der Waals surface area (Å²) in [4.78, 5) is 22.0. The summed E-state index contributed by atoms with van der Waals surface area (Å²) in [6, 6.07) is 16.0. The number of rotatable bonds is 7. The van der Waals surface area contributed by atoms with Crippen LogP contribution >= 0.6 is 24.0 Å². The number of carbonyl (C=O) groups excluding carboxylic acids is 1. The van der Waals surface area contributed by atoms with Gasteiger partial charge < -0.3 is 9.47 Å². The van der Waals surface area contributed by atoms with E-state index in [9.17, 15) is 31.1 Å². The number of benzene rings is 3. The van der Waals surface area contributed by atoms with Gasteiger partial charge in [0.15, 0.2) is 16.7 Å². The summed E-state index contributed by atoms with van der Waals surface area (Å²) in [7, 11) is 0. The Kier molecular flexibility index (Phi) is 9.29. The number of nitrogens with zero attached hydrogens (tertiary/aromatic N) is 6. The van der Waals surface area contributed by atoms with E-state index in [2.05, 4.69) is 35.1 Å². The largest absolute Gasteiger partial charge is 0.573 e. The Labute approximate surface area is 265 Å². The van der Waals surface area contributed by atoms with Gasteiger partial charge in [0.05, 0.1) is 23.3 Å². The molecule has 0 bridgehead atoms. The van der Waals surface area contributed by atoms with Crippen LogP contribution in [-0.2, 0) is 4.79 Å². The lowest BCUT2D eigenvalue weighted by Crippen LogP contribution is -2.32. The van der Waals surface area contributed by atoms with Crippen LogP contribution in [-0.4, -0.2) is 55.6 Å². The highest BCUT2D eigenvalue weighted by molar-refractivity contribution is 8.15. The minimum Gasteiger partial charge on any atom is -0.406 e. The molecular formula is C28H19F6N7O3S2. The number of hydrazone groups is 1. The minimum absolute atomic E-state index is 0.0530. The van der Waals surface area contributed by atoms with Gasteiger partial charge in [-0.05, 0) is 66.7 Å². The monoisotopic (exact) mass is 679 g/mol. The van der Waals surface area contributed by atoms with Crippen LogP contribution in [0, 0.1) is 6.92 Å². The van der Waals surface area contributed by atoms with E-state index in [1.807, 2.05) is 0 Å².